The zero-order valence-corrected chi connectivity index (χ0v) is 13.2. The Morgan fingerprint density at radius 2 is 1.77 bits per heavy atom. The monoisotopic (exact) mass is 348 g/mol. The number of halogens is 2. The third-order valence-electron chi connectivity index (χ3n) is 4.19. The summed E-state index contributed by atoms with van der Waals surface area (Å²) in [6, 6.07) is 8.96. The number of oxazole rings is 1. The quantitative estimate of drug-likeness (QED) is 0.472. The standard InChI is InChI=1S/C19H10F2N4O/c20-12-2-3-13(14(21)10-12)17-18(25-7-8-26-19(25)24-17)11-1-4-15-16(9-11)23-6-5-22-15/h1-10H. The second-order valence-corrected chi connectivity index (χ2v) is 5.75. The third kappa shape index (κ3) is 2.17. The van der Waals surface area contributed by atoms with E-state index in [4.69, 9.17) is 4.42 Å². The number of hydrogen-bond acceptors (Lipinski definition) is 4. The maximum absolute atomic E-state index is 14.4. The van der Waals surface area contributed by atoms with E-state index in [1.807, 2.05) is 18.2 Å². The van der Waals surface area contributed by atoms with E-state index in [-0.39, 0.29) is 5.56 Å². The lowest BCUT2D eigenvalue weighted by Gasteiger charge is -2.07. The predicted octanol–water partition coefficient (Wildman–Crippen LogP) is 4.48. The molecule has 0 bridgehead atoms. The van der Waals surface area contributed by atoms with Crippen LogP contribution in [0, 0.1) is 11.6 Å². The zero-order valence-electron chi connectivity index (χ0n) is 13.2. The first kappa shape index (κ1) is 14.7. The normalized spacial score (nSPS) is 11.5. The second kappa shape index (κ2) is 5.45. The fourth-order valence-electron chi connectivity index (χ4n) is 3.04. The van der Waals surface area contributed by atoms with Crippen LogP contribution in [-0.4, -0.2) is 19.4 Å². The number of fused-ring (bicyclic) bond motifs is 2. The van der Waals surface area contributed by atoms with Gasteiger partial charge in [-0.3, -0.25) is 14.4 Å². The van der Waals surface area contributed by atoms with Gasteiger partial charge in [-0.25, -0.2) is 8.78 Å². The van der Waals surface area contributed by atoms with Gasteiger partial charge in [-0.05, 0) is 24.3 Å². The molecule has 0 saturated heterocycles. The molecule has 0 unspecified atom stereocenters. The van der Waals surface area contributed by atoms with Gasteiger partial charge in [0.15, 0.2) is 0 Å². The summed E-state index contributed by atoms with van der Waals surface area (Å²) in [4.78, 5) is 13.0. The average Bonchev–Trinajstić information content (AvgIpc) is 3.22. The van der Waals surface area contributed by atoms with Gasteiger partial charge in [0.05, 0.1) is 16.7 Å². The summed E-state index contributed by atoms with van der Waals surface area (Å²) in [6.45, 7) is 0. The molecule has 0 aliphatic rings. The fourth-order valence-corrected chi connectivity index (χ4v) is 3.04. The van der Waals surface area contributed by atoms with Gasteiger partial charge in [0.2, 0.25) is 0 Å². The molecule has 26 heavy (non-hydrogen) atoms. The molecular formula is C19H10F2N4O. The summed E-state index contributed by atoms with van der Waals surface area (Å²) in [5.41, 5.74) is 3.41. The Balaban J connectivity index is 1.81. The van der Waals surface area contributed by atoms with E-state index in [9.17, 15) is 8.78 Å². The first-order chi connectivity index (χ1) is 12.7. The molecular weight excluding hydrogens is 338 g/mol. The molecule has 0 aliphatic heterocycles. The van der Waals surface area contributed by atoms with Crippen LogP contribution in [0.3, 0.4) is 0 Å². The minimum atomic E-state index is -0.687. The highest BCUT2D eigenvalue weighted by Crippen LogP contribution is 2.35. The van der Waals surface area contributed by atoms with Crippen molar-refractivity contribution >= 4 is 16.9 Å². The van der Waals surface area contributed by atoms with E-state index < -0.39 is 11.6 Å². The molecule has 3 heterocycles. The topological polar surface area (TPSA) is 56.2 Å². The van der Waals surface area contributed by atoms with Crippen molar-refractivity contribution in [3.05, 3.63) is 72.9 Å². The van der Waals surface area contributed by atoms with E-state index in [1.54, 1.807) is 23.0 Å². The van der Waals surface area contributed by atoms with Gasteiger partial charge in [0, 0.05) is 35.8 Å². The van der Waals surface area contributed by atoms with Crippen LogP contribution >= 0.6 is 0 Å². The van der Waals surface area contributed by atoms with Crippen LogP contribution in [0.5, 0.6) is 0 Å². The molecule has 0 saturated carbocycles. The SMILES string of the molecule is Fc1ccc(-c2nc3occn3c2-c2ccc3nccnc3c2)c(F)c1. The van der Waals surface area contributed by atoms with Gasteiger partial charge in [0.25, 0.3) is 0 Å². The first-order valence-corrected chi connectivity index (χ1v) is 7.83. The summed E-state index contributed by atoms with van der Waals surface area (Å²) in [5.74, 6) is -1.01. The van der Waals surface area contributed by atoms with Crippen molar-refractivity contribution in [1.82, 2.24) is 19.4 Å². The Hall–Kier alpha value is -3.61. The van der Waals surface area contributed by atoms with E-state index in [2.05, 4.69) is 15.0 Å². The van der Waals surface area contributed by atoms with Gasteiger partial charge in [-0.2, -0.15) is 4.98 Å². The molecule has 126 valence electrons. The molecule has 3 aromatic heterocycles. The first-order valence-electron chi connectivity index (χ1n) is 7.83. The van der Waals surface area contributed by atoms with E-state index in [1.165, 1.54) is 18.4 Å². The van der Waals surface area contributed by atoms with Crippen molar-refractivity contribution < 1.29 is 13.2 Å². The summed E-state index contributed by atoms with van der Waals surface area (Å²) < 4.78 is 34.8. The van der Waals surface area contributed by atoms with Crippen LogP contribution in [0.25, 0.3) is 39.4 Å². The van der Waals surface area contributed by atoms with E-state index in [0.29, 0.717) is 22.7 Å². The lowest BCUT2D eigenvalue weighted by atomic mass is 10.0. The second-order valence-electron chi connectivity index (χ2n) is 5.75. The van der Waals surface area contributed by atoms with Crippen LogP contribution in [0.2, 0.25) is 0 Å². The van der Waals surface area contributed by atoms with Crippen molar-refractivity contribution in [3.8, 4) is 22.5 Å². The van der Waals surface area contributed by atoms with Crippen molar-refractivity contribution in [1.29, 1.82) is 0 Å². The Kier molecular flexibility index (Phi) is 3.08. The van der Waals surface area contributed by atoms with Gasteiger partial charge in [0.1, 0.15) is 23.6 Å². The number of nitrogens with zero attached hydrogens (tertiary/aromatic N) is 4. The summed E-state index contributed by atoms with van der Waals surface area (Å²) >= 11 is 0. The average molecular weight is 348 g/mol. The van der Waals surface area contributed by atoms with Gasteiger partial charge >= 0.3 is 5.84 Å². The molecule has 2 aromatic carbocycles. The van der Waals surface area contributed by atoms with Crippen molar-refractivity contribution in [2.75, 3.05) is 0 Å². The predicted molar refractivity (Wildman–Crippen MR) is 91.3 cm³/mol. The number of benzene rings is 2. The Labute approximate surface area is 145 Å². The third-order valence-corrected chi connectivity index (χ3v) is 4.19. The highest BCUT2D eigenvalue weighted by Gasteiger charge is 2.21. The molecule has 0 N–H and O–H groups in total. The number of rotatable bonds is 2. The number of imidazole rings is 1. The maximum atomic E-state index is 14.4. The minimum absolute atomic E-state index is 0.194. The molecule has 0 spiro atoms. The van der Waals surface area contributed by atoms with Crippen LogP contribution in [0.15, 0.2) is 65.7 Å². The molecule has 0 aliphatic carbocycles. The fraction of sp³-hybridized carbons (Fsp3) is 0. The van der Waals surface area contributed by atoms with Crippen LogP contribution < -0.4 is 0 Å². The zero-order chi connectivity index (χ0) is 17.7. The van der Waals surface area contributed by atoms with Crippen molar-refractivity contribution in [2.45, 2.75) is 0 Å². The summed E-state index contributed by atoms with van der Waals surface area (Å²) in [5, 5.41) is 0. The largest absolute Gasteiger partial charge is 0.432 e. The lowest BCUT2D eigenvalue weighted by molar-refractivity contribution is 0.585. The Morgan fingerprint density at radius 3 is 2.62 bits per heavy atom. The molecule has 0 atom stereocenters. The maximum Gasteiger partial charge on any atom is 0.306 e. The number of hydrogen-bond donors (Lipinski definition) is 0. The van der Waals surface area contributed by atoms with Crippen molar-refractivity contribution in [2.24, 2.45) is 0 Å². The Bertz CT molecular complexity index is 1280. The van der Waals surface area contributed by atoms with E-state index in [0.717, 1.165) is 17.1 Å². The minimum Gasteiger partial charge on any atom is -0.432 e. The molecule has 0 fully saturated rings. The number of aromatic nitrogens is 4. The summed E-state index contributed by atoms with van der Waals surface area (Å²) in [7, 11) is 0. The molecule has 5 nitrogen and oxygen atoms in total. The summed E-state index contributed by atoms with van der Waals surface area (Å²) in [6.07, 6.45) is 6.42. The van der Waals surface area contributed by atoms with Gasteiger partial charge in [-0.15, -0.1) is 0 Å². The molecule has 0 radical (unpaired) electrons. The highest BCUT2D eigenvalue weighted by atomic mass is 19.1. The molecule has 5 rings (SSSR count). The Morgan fingerprint density at radius 1 is 0.923 bits per heavy atom. The van der Waals surface area contributed by atoms with Crippen LogP contribution in [0.4, 0.5) is 8.78 Å². The lowest BCUT2D eigenvalue weighted by Crippen LogP contribution is -1.92. The highest BCUT2D eigenvalue weighted by molar-refractivity contribution is 5.86. The van der Waals surface area contributed by atoms with Crippen molar-refractivity contribution in [3.63, 3.8) is 0 Å². The smallest absolute Gasteiger partial charge is 0.306 e. The van der Waals surface area contributed by atoms with Crippen LogP contribution in [-0.2, 0) is 0 Å². The van der Waals surface area contributed by atoms with E-state index >= 15 is 0 Å². The molecule has 5 aromatic rings. The van der Waals surface area contributed by atoms with Crippen LogP contribution in [0.1, 0.15) is 0 Å². The molecule has 7 heteroatoms. The molecule has 0 amide bonds. The van der Waals surface area contributed by atoms with Gasteiger partial charge < -0.3 is 4.42 Å². The van der Waals surface area contributed by atoms with Gasteiger partial charge in [-0.1, -0.05) is 6.07 Å².